The smallest absolute Gasteiger partial charge is 0.256 e. The van der Waals surface area contributed by atoms with Crippen LogP contribution in [-0.2, 0) is 33.8 Å². The topological polar surface area (TPSA) is 127 Å². The summed E-state index contributed by atoms with van der Waals surface area (Å²) in [5, 5.41) is 8.33. The number of aromatic nitrogens is 4. The lowest BCUT2D eigenvalue weighted by Gasteiger charge is -2.32. The minimum absolute atomic E-state index is 0.0550. The third-order valence-electron chi connectivity index (χ3n) is 6.97. The van der Waals surface area contributed by atoms with E-state index >= 15 is 0 Å². The van der Waals surface area contributed by atoms with E-state index in [0.29, 0.717) is 68.0 Å². The van der Waals surface area contributed by atoms with Crippen LogP contribution in [0.4, 0.5) is 4.39 Å². The summed E-state index contributed by atoms with van der Waals surface area (Å²) in [6, 6.07) is 5.94. The highest BCUT2D eigenvalue weighted by atomic mass is 19.1. The number of ether oxygens (including phenoxy) is 2. The van der Waals surface area contributed by atoms with E-state index in [1.54, 1.807) is 24.1 Å². The van der Waals surface area contributed by atoms with Gasteiger partial charge < -0.3 is 23.8 Å². The van der Waals surface area contributed by atoms with Gasteiger partial charge in [0.25, 0.3) is 5.56 Å². The number of methoxy groups -OCH3 is 1. The molecule has 1 saturated heterocycles. The van der Waals surface area contributed by atoms with E-state index in [1.165, 1.54) is 12.1 Å². The van der Waals surface area contributed by atoms with Crippen molar-refractivity contribution in [1.29, 1.82) is 0 Å². The molecule has 0 spiro atoms. The number of carbonyl (C=O) groups excluding carboxylic acids is 1. The fourth-order valence-corrected chi connectivity index (χ4v) is 4.78. The van der Waals surface area contributed by atoms with Gasteiger partial charge in [0.1, 0.15) is 11.6 Å². The summed E-state index contributed by atoms with van der Waals surface area (Å²) < 4.78 is 29.6. The van der Waals surface area contributed by atoms with Crippen LogP contribution in [0.15, 0.2) is 33.5 Å². The lowest BCUT2D eigenvalue weighted by molar-refractivity contribution is -0.134. The average molecular weight is 527 g/mol. The van der Waals surface area contributed by atoms with Crippen LogP contribution in [0.25, 0.3) is 11.5 Å². The van der Waals surface area contributed by atoms with Gasteiger partial charge in [-0.25, -0.2) is 9.37 Å². The number of hydrogen-bond donors (Lipinski definition) is 1. The molecule has 1 aromatic carbocycles. The SMILES string of the molecule is COCCN(Cc1nc2c(c(=O)[nH]1)COCC2)C(=O)CN1CCC(c2nnc(-c3ccc(F)cc3)o2)CC1. The predicted molar refractivity (Wildman–Crippen MR) is 134 cm³/mol. The van der Waals surface area contributed by atoms with E-state index < -0.39 is 0 Å². The van der Waals surface area contributed by atoms with Crippen molar-refractivity contribution in [2.24, 2.45) is 0 Å². The molecule has 1 N–H and O–H groups in total. The molecule has 0 atom stereocenters. The van der Waals surface area contributed by atoms with E-state index in [4.69, 9.17) is 13.9 Å². The summed E-state index contributed by atoms with van der Waals surface area (Å²) >= 11 is 0. The first-order valence-electron chi connectivity index (χ1n) is 12.8. The number of nitrogens with zero attached hydrogens (tertiary/aromatic N) is 5. The standard InChI is InChI=1S/C26H31FN6O5/c1-36-13-11-33(14-22-28-21-8-12-37-16-20(21)24(35)29-22)23(34)15-32-9-6-18(7-10-32)26-31-30-25(38-26)17-2-4-19(27)5-3-17/h2-5,18H,6-16H2,1H3,(H,28,29,35). The summed E-state index contributed by atoms with van der Waals surface area (Å²) in [7, 11) is 1.59. The summed E-state index contributed by atoms with van der Waals surface area (Å²) in [5.74, 6) is 1.12. The van der Waals surface area contributed by atoms with Gasteiger partial charge in [0.05, 0.1) is 44.2 Å². The minimum atomic E-state index is -0.321. The summed E-state index contributed by atoms with van der Waals surface area (Å²) in [5.41, 5.74) is 1.76. The Kier molecular flexibility index (Phi) is 8.20. The van der Waals surface area contributed by atoms with E-state index in [1.807, 2.05) is 0 Å². The average Bonchev–Trinajstić information content (AvgIpc) is 3.42. The van der Waals surface area contributed by atoms with Gasteiger partial charge in [0, 0.05) is 31.6 Å². The van der Waals surface area contributed by atoms with Crippen molar-refractivity contribution in [2.45, 2.75) is 38.3 Å². The number of aromatic amines is 1. The van der Waals surface area contributed by atoms with Crippen LogP contribution in [0.2, 0.25) is 0 Å². The molecule has 2 aromatic heterocycles. The minimum Gasteiger partial charge on any atom is -0.420 e. The first kappa shape index (κ1) is 26.1. The van der Waals surface area contributed by atoms with Crippen molar-refractivity contribution < 1.29 is 23.1 Å². The van der Waals surface area contributed by atoms with Gasteiger partial charge >= 0.3 is 0 Å². The van der Waals surface area contributed by atoms with Crippen LogP contribution in [0, 0.1) is 5.82 Å². The van der Waals surface area contributed by atoms with Crippen molar-refractivity contribution in [3.63, 3.8) is 0 Å². The Hall–Kier alpha value is -3.48. The number of halogens is 1. The van der Waals surface area contributed by atoms with Crippen LogP contribution >= 0.6 is 0 Å². The van der Waals surface area contributed by atoms with Crippen molar-refractivity contribution in [2.75, 3.05) is 46.5 Å². The highest BCUT2D eigenvalue weighted by Gasteiger charge is 2.28. The molecule has 0 saturated carbocycles. The molecule has 1 fully saturated rings. The third kappa shape index (κ3) is 6.14. The molecule has 11 nitrogen and oxygen atoms in total. The number of rotatable bonds is 9. The number of benzene rings is 1. The Labute approximate surface area is 219 Å². The molecule has 2 aliphatic rings. The third-order valence-corrected chi connectivity index (χ3v) is 6.97. The largest absolute Gasteiger partial charge is 0.420 e. The van der Waals surface area contributed by atoms with Crippen molar-refractivity contribution in [3.05, 3.63) is 63.4 Å². The molecule has 5 rings (SSSR count). The zero-order valence-corrected chi connectivity index (χ0v) is 21.3. The zero-order valence-electron chi connectivity index (χ0n) is 21.3. The quantitative estimate of drug-likeness (QED) is 0.445. The lowest BCUT2D eigenvalue weighted by atomic mass is 9.97. The monoisotopic (exact) mass is 526 g/mol. The molecule has 0 bridgehead atoms. The second kappa shape index (κ2) is 11.9. The Morgan fingerprint density at radius 1 is 1.24 bits per heavy atom. The number of nitrogens with one attached hydrogen (secondary N) is 1. The number of piperidine rings is 1. The molecule has 4 heterocycles. The number of likely N-dealkylation sites (tertiary alicyclic amines) is 1. The Morgan fingerprint density at radius 3 is 2.79 bits per heavy atom. The molecular formula is C26H31FN6O5. The molecule has 3 aromatic rings. The number of H-pyrrole nitrogens is 1. The zero-order chi connectivity index (χ0) is 26.5. The van der Waals surface area contributed by atoms with E-state index in [0.717, 1.165) is 18.5 Å². The molecule has 12 heteroatoms. The number of amides is 1. The van der Waals surface area contributed by atoms with Gasteiger partial charge in [0.2, 0.25) is 17.7 Å². The second-order valence-electron chi connectivity index (χ2n) is 9.55. The van der Waals surface area contributed by atoms with Gasteiger partial charge in [-0.15, -0.1) is 10.2 Å². The van der Waals surface area contributed by atoms with Crippen LogP contribution in [0.5, 0.6) is 0 Å². The maximum atomic E-state index is 13.3. The maximum absolute atomic E-state index is 13.3. The van der Waals surface area contributed by atoms with Crippen LogP contribution in [-0.4, -0.2) is 82.4 Å². The molecular weight excluding hydrogens is 495 g/mol. The van der Waals surface area contributed by atoms with Crippen molar-refractivity contribution >= 4 is 5.91 Å². The Bertz CT molecular complexity index is 1300. The summed E-state index contributed by atoms with van der Waals surface area (Å²) in [6.45, 7) is 3.43. The summed E-state index contributed by atoms with van der Waals surface area (Å²) in [4.78, 5) is 36.9. The molecule has 0 aliphatic carbocycles. The van der Waals surface area contributed by atoms with Gasteiger partial charge in [0.15, 0.2) is 0 Å². The molecule has 202 valence electrons. The van der Waals surface area contributed by atoms with Crippen LogP contribution in [0.3, 0.4) is 0 Å². The fourth-order valence-electron chi connectivity index (χ4n) is 4.78. The van der Waals surface area contributed by atoms with Crippen LogP contribution in [0.1, 0.15) is 41.7 Å². The van der Waals surface area contributed by atoms with Crippen molar-refractivity contribution in [1.82, 2.24) is 30.0 Å². The van der Waals surface area contributed by atoms with Gasteiger partial charge in [-0.1, -0.05) is 0 Å². The molecule has 0 radical (unpaired) electrons. The summed E-state index contributed by atoms with van der Waals surface area (Å²) in [6.07, 6.45) is 2.13. The highest BCUT2D eigenvalue weighted by Crippen LogP contribution is 2.29. The van der Waals surface area contributed by atoms with E-state index in [9.17, 15) is 14.0 Å². The first-order valence-corrected chi connectivity index (χ1v) is 12.8. The van der Waals surface area contributed by atoms with Gasteiger partial charge in [-0.05, 0) is 50.2 Å². The highest BCUT2D eigenvalue weighted by molar-refractivity contribution is 5.78. The van der Waals surface area contributed by atoms with Crippen molar-refractivity contribution in [3.8, 4) is 11.5 Å². The normalized spacial score (nSPS) is 16.4. The Balaban J connectivity index is 1.18. The molecule has 38 heavy (non-hydrogen) atoms. The number of hydrogen-bond acceptors (Lipinski definition) is 9. The van der Waals surface area contributed by atoms with Crippen LogP contribution < -0.4 is 5.56 Å². The maximum Gasteiger partial charge on any atom is 0.256 e. The predicted octanol–water partition coefficient (Wildman–Crippen LogP) is 1.89. The second-order valence-corrected chi connectivity index (χ2v) is 9.55. The number of fused-ring (bicyclic) bond motifs is 1. The number of carbonyl (C=O) groups is 1. The lowest BCUT2D eigenvalue weighted by Crippen LogP contribution is -2.44. The molecule has 2 aliphatic heterocycles. The Morgan fingerprint density at radius 2 is 2.03 bits per heavy atom. The van der Waals surface area contributed by atoms with Gasteiger partial charge in [-0.2, -0.15) is 0 Å². The molecule has 1 amide bonds. The first-order chi connectivity index (χ1) is 18.5. The van der Waals surface area contributed by atoms with Gasteiger partial charge in [-0.3, -0.25) is 14.5 Å². The molecule has 0 unspecified atom stereocenters. The van der Waals surface area contributed by atoms with E-state index in [-0.39, 0.29) is 42.9 Å². The van der Waals surface area contributed by atoms with E-state index in [2.05, 4.69) is 25.1 Å². The fraction of sp³-hybridized carbons (Fsp3) is 0.500.